The zero-order valence-electron chi connectivity index (χ0n) is 24.5. The first-order chi connectivity index (χ1) is 18.8. The Bertz CT molecular complexity index is 1120. The summed E-state index contributed by atoms with van der Waals surface area (Å²) in [5.41, 5.74) is 6.83. The number of hydrogen-bond donors (Lipinski definition) is 2. The molecule has 0 fully saturated rings. The van der Waals surface area contributed by atoms with Gasteiger partial charge in [0.1, 0.15) is 0 Å². The van der Waals surface area contributed by atoms with Crippen LogP contribution in [0.2, 0.25) is 0 Å². The van der Waals surface area contributed by atoms with Gasteiger partial charge in [0, 0.05) is 0 Å². The summed E-state index contributed by atoms with van der Waals surface area (Å²) in [6.07, 6.45) is 8.33. The fourth-order valence-electron chi connectivity index (χ4n) is 6.26. The Morgan fingerprint density at radius 1 is 0.718 bits per heavy atom. The minimum Gasteiger partial charge on any atom is -0.478 e. The molecule has 2 N–H and O–H groups in total. The van der Waals surface area contributed by atoms with Gasteiger partial charge in [-0.3, -0.25) is 0 Å². The van der Waals surface area contributed by atoms with Crippen LogP contribution in [0.5, 0.6) is 0 Å². The topological polar surface area (TPSA) is 81.1 Å². The molecule has 3 rings (SSSR count). The smallest absolute Gasteiger partial charge is 0.336 e. The van der Waals surface area contributed by atoms with Crippen LogP contribution in [0.15, 0.2) is 24.3 Å². The Balaban J connectivity index is 1.97. The van der Waals surface area contributed by atoms with Gasteiger partial charge in [-0.2, -0.15) is 0 Å². The number of carbonyl (C=O) groups is 2. The van der Waals surface area contributed by atoms with Crippen molar-refractivity contribution in [2.45, 2.75) is 85.5 Å². The van der Waals surface area contributed by atoms with Crippen molar-refractivity contribution in [2.75, 3.05) is 39.3 Å². The van der Waals surface area contributed by atoms with Crippen LogP contribution in [0.25, 0.3) is 11.1 Å². The third-order valence-electron chi connectivity index (χ3n) is 7.84. The third kappa shape index (κ3) is 7.92. The zero-order chi connectivity index (χ0) is 28.4. The van der Waals surface area contributed by atoms with Crippen molar-refractivity contribution in [3.05, 3.63) is 57.6 Å². The fourth-order valence-corrected chi connectivity index (χ4v) is 6.26. The van der Waals surface area contributed by atoms with E-state index in [1.54, 1.807) is 12.1 Å². The second-order valence-corrected chi connectivity index (χ2v) is 11.0. The molecule has 1 aliphatic carbocycles. The summed E-state index contributed by atoms with van der Waals surface area (Å²) in [5.74, 6) is -1.78. The molecule has 0 heterocycles. The number of rotatable bonds is 18. The van der Waals surface area contributed by atoms with Gasteiger partial charge in [0.2, 0.25) is 0 Å². The number of benzene rings is 2. The maximum absolute atomic E-state index is 12.8. The Hall–Kier alpha value is -2.70. The monoisotopic (exact) mass is 536 g/mol. The summed E-state index contributed by atoms with van der Waals surface area (Å²) >= 11 is 0. The Labute approximate surface area is 235 Å². The quantitative estimate of drug-likeness (QED) is 0.187. The first-order valence-corrected chi connectivity index (χ1v) is 15.1. The standard InChI is InChI=1S/C33H48N2O4/c1-5-15-34(16-6-2)19-9-11-24-22-29-27-14-13-25(32(36)37)21-26(27)23-30(29)28(31(24)33(38)39)12-10-20-35(17-7-3)18-8-4/h13-14,21-22H,5-12,15-20,23H2,1-4H3,(H,36,37)(H,38,39). The molecule has 39 heavy (non-hydrogen) atoms. The Morgan fingerprint density at radius 3 is 1.79 bits per heavy atom. The van der Waals surface area contributed by atoms with Crippen LogP contribution in [0.3, 0.4) is 0 Å². The second-order valence-electron chi connectivity index (χ2n) is 11.0. The molecule has 0 aromatic heterocycles. The van der Waals surface area contributed by atoms with E-state index in [1.165, 1.54) is 0 Å². The van der Waals surface area contributed by atoms with Crippen LogP contribution in [0.1, 0.15) is 109 Å². The predicted molar refractivity (Wildman–Crippen MR) is 159 cm³/mol. The van der Waals surface area contributed by atoms with Crippen LogP contribution in [0, 0.1) is 0 Å². The molecule has 0 aliphatic heterocycles. The van der Waals surface area contributed by atoms with Gasteiger partial charge in [-0.15, -0.1) is 0 Å². The van der Waals surface area contributed by atoms with Gasteiger partial charge in [-0.1, -0.05) is 33.8 Å². The van der Waals surface area contributed by atoms with E-state index in [0.29, 0.717) is 12.0 Å². The average Bonchev–Trinajstić information content (AvgIpc) is 3.26. The minimum absolute atomic E-state index is 0.281. The van der Waals surface area contributed by atoms with E-state index in [9.17, 15) is 19.8 Å². The number of carboxylic acids is 2. The van der Waals surface area contributed by atoms with Crippen molar-refractivity contribution in [1.29, 1.82) is 0 Å². The van der Waals surface area contributed by atoms with E-state index < -0.39 is 11.9 Å². The predicted octanol–water partition coefficient (Wildman–Crippen LogP) is 6.76. The number of hydrogen-bond acceptors (Lipinski definition) is 4. The van der Waals surface area contributed by atoms with Crippen LogP contribution in [-0.2, 0) is 19.3 Å². The molecule has 0 bridgehead atoms. The molecule has 0 amide bonds. The summed E-state index contributed by atoms with van der Waals surface area (Å²) in [4.78, 5) is 29.4. The van der Waals surface area contributed by atoms with Gasteiger partial charge in [0.25, 0.3) is 0 Å². The Kier molecular flexibility index (Phi) is 12.0. The number of fused-ring (bicyclic) bond motifs is 3. The summed E-state index contributed by atoms with van der Waals surface area (Å²) in [7, 11) is 0. The molecule has 0 spiro atoms. The number of aryl methyl sites for hydroxylation is 1. The molecule has 0 saturated carbocycles. The molecular formula is C33H48N2O4. The summed E-state index contributed by atoms with van der Waals surface area (Å²) in [6.45, 7) is 15.0. The van der Waals surface area contributed by atoms with Crippen molar-refractivity contribution >= 4 is 11.9 Å². The van der Waals surface area contributed by atoms with Gasteiger partial charge < -0.3 is 20.0 Å². The lowest BCUT2D eigenvalue weighted by Gasteiger charge is -2.23. The molecule has 0 atom stereocenters. The highest BCUT2D eigenvalue weighted by molar-refractivity contribution is 5.95. The summed E-state index contributed by atoms with van der Waals surface area (Å²) < 4.78 is 0. The number of carboxylic acid groups (broad SMARTS) is 2. The molecule has 6 heteroatoms. The maximum atomic E-state index is 12.8. The molecule has 0 unspecified atom stereocenters. The van der Waals surface area contributed by atoms with E-state index in [2.05, 4.69) is 43.6 Å². The van der Waals surface area contributed by atoms with Gasteiger partial charge in [-0.25, -0.2) is 9.59 Å². The highest BCUT2D eigenvalue weighted by Gasteiger charge is 2.28. The van der Waals surface area contributed by atoms with Gasteiger partial charge in [-0.05, 0) is 149 Å². The van der Waals surface area contributed by atoms with Crippen LogP contribution in [0.4, 0.5) is 0 Å². The molecular weight excluding hydrogens is 488 g/mol. The molecule has 214 valence electrons. The highest BCUT2D eigenvalue weighted by atomic mass is 16.4. The number of aromatic carboxylic acids is 2. The lowest BCUT2D eigenvalue weighted by molar-refractivity contribution is 0.0684. The van der Waals surface area contributed by atoms with Gasteiger partial charge >= 0.3 is 11.9 Å². The van der Waals surface area contributed by atoms with Gasteiger partial charge in [0.15, 0.2) is 0 Å². The van der Waals surface area contributed by atoms with E-state index in [-0.39, 0.29) is 5.56 Å². The molecule has 0 saturated heterocycles. The average molecular weight is 537 g/mol. The van der Waals surface area contributed by atoms with Crippen molar-refractivity contribution in [1.82, 2.24) is 9.80 Å². The van der Waals surface area contributed by atoms with Crippen LogP contribution >= 0.6 is 0 Å². The molecule has 0 radical (unpaired) electrons. The third-order valence-corrected chi connectivity index (χ3v) is 7.84. The zero-order valence-corrected chi connectivity index (χ0v) is 24.5. The van der Waals surface area contributed by atoms with Crippen molar-refractivity contribution in [3.63, 3.8) is 0 Å². The van der Waals surface area contributed by atoms with E-state index in [1.807, 2.05) is 6.07 Å². The highest BCUT2D eigenvalue weighted by Crippen LogP contribution is 2.42. The second kappa shape index (κ2) is 15.2. The largest absolute Gasteiger partial charge is 0.478 e. The maximum Gasteiger partial charge on any atom is 0.336 e. The Morgan fingerprint density at radius 2 is 1.28 bits per heavy atom. The lowest BCUT2D eigenvalue weighted by atomic mass is 9.87. The SMILES string of the molecule is CCCN(CCC)CCCc1cc2c(c(CCCN(CCC)CCC)c1C(=O)O)Cc1cc(C(=O)O)ccc1-2. The van der Waals surface area contributed by atoms with E-state index in [0.717, 1.165) is 124 Å². The van der Waals surface area contributed by atoms with Crippen molar-refractivity contribution in [2.24, 2.45) is 0 Å². The normalized spacial score (nSPS) is 12.3. The first-order valence-electron chi connectivity index (χ1n) is 15.1. The fraction of sp³-hybridized carbons (Fsp3) is 0.576. The summed E-state index contributed by atoms with van der Waals surface area (Å²) in [6, 6.07) is 7.44. The van der Waals surface area contributed by atoms with Crippen LogP contribution < -0.4 is 0 Å². The van der Waals surface area contributed by atoms with Crippen molar-refractivity contribution in [3.8, 4) is 11.1 Å². The number of nitrogens with zero attached hydrogens (tertiary/aromatic N) is 2. The molecule has 2 aromatic rings. The van der Waals surface area contributed by atoms with Crippen LogP contribution in [-0.4, -0.2) is 71.2 Å². The van der Waals surface area contributed by atoms with E-state index >= 15 is 0 Å². The lowest BCUT2D eigenvalue weighted by Crippen LogP contribution is -2.27. The molecule has 2 aromatic carbocycles. The molecule has 6 nitrogen and oxygen atoms in total. The first kappa shape index (κ1) is 30.8. The molecule has 1 aliphatic rings. The van der Waals surface area contributed by atoms with Crippen molar-refractivity contribution < 1.29 is 19.8 Å². The van der Waals surface area contributed by atoms with Gasteiger partial charge in [0.05, 0.1) is 11.1 Å². The van der Waals surface area contributed by atoms with E-state index in [4.69, 9.17) is 0 Å². The summed E-state index contributed by atoms with van der Waals surface area (Å²) in [5, 5.41) is 20.0. The minimum atomic E-state index is -0.934.